The number of hydrogen-bond acceptors (Lipinski definition) is 3. The predicted octanol–water partition coefficient (Wildman–Crippen LogP) is 4.58. The summed E-state index contributed by atoms with van der Waals surface area (Å²) in [6, 6.07) is 8.48. The zero-order chi connectivity index (χ0) is 15.2. The van der Waals surface area contributed by atoms with Gasteiger partial charge in [0.2, 0.25) is 0 Å². The summed E-state index contributed by atoms with van der Waals surface area (Å²) in [6.45, 7) is 11.0. The van der Waals surface area contributed by atoms with Crippen molar-refractivity contribution in [1.29, 1.82) is 0 Å². The lowest BCUT2D eigenvalue weighted by atomic mass is 10.2. The third-order valence-electron chi connectivity index (χ3n) is 3.92. The van der Waals surface area contributed by atoms with Gasteiger partial charge in [0.25, 0.3) is 0 Å². The second-order valence-corrected chi connectivity index (χ2v) is 6.30. The third kappa shape index (κ3) is 4.56. The van der Waals surface area contributed by atoms with E-state index in [4.69, 9.17) is 4.42 Å². The Morgan fingerprint density at radius 1 is 1.24 bits per heavy atom. The fourth-order valence-corrected chi connectivity index (χ4v) is 2.89. The van der Waals surface area contributed by atoms with Crippen LogP contribution in [0.25, 0.3) is 11.0 Å². The molecule has 0 amide bonds. The highest BCUT2D eigenvalue weighted by atomic mass is 79.9. The molecule has 0 aliphatic carbocycles. The first kappa shape index (κ1) is 16.5. The van der Waals surface area contributed by atoms with Crippen LogP contribution in [-0.4, -0.2) is 31.1 Å². The minimum atomic E-state index is 0.243. The van der Waals surface area contributed by atoms with E-state index in [0.717, 1.165) is 53.8 Å². The molecule has 0 fully saturated rings. The quantitative estimate of drug-likeness (QED) is 0.705. The molecule has 1 atom stereocenters. The van der Waals surface area contributed by atoms with Crippen LogP contribution in [0.4, 0.5) is 0 Å². The third-order valence-corrected chi connectivity index (χ3v) is 4.41. The Hall–Kier alpha value is -0.840. The van der Waals surface area contributed by atoms with E-state index < -0.39 is 0 Å². The van der Waals surface area contributed by atoms with Crippen LogP contribution in [0.15, 0.2) is 33.2 Å². The summed E-state index contributed by atoms with van der Waals surface area (Å²) in [6.07, 6.45) is 1.16. The van der Waals surface area contributed by atoms with Crippen molar-refractivity contribution in [2.45, 2.75) is 33.2 Å². The van der Waals surface area contributed by atoms with E-state index in [2.05, 4.69) is 59.1 Å². The van der Waals surface area contributed by atoms with Gasteiger partial charge in [-0.2, -0.15) is 0 Å². The molecular weight excluding hydrogens is 328 g/mol. The van der Waals surface area contributed by atoms with Crippen LogP contribution in [0.3, 0.4) is 0 Å². The highest BCUT2D eigenvalue weighted by Gasteiger charge is 2.11. The Labute approximate surface area is 135 Å². The second kappa shape index (κ2) is 7.97. The SMILES string of the molecule is CCN(CC)CCCNC(C)c1cc2cc(Br)ccc2o1. The summed E-state index contributed by atoms with van der Waals surface area (Å²) in [4.78, 5) is 2.45. The van der Waals surface area contributed by atoms with Crippen molar-refractivity contribution in [2.75, 3.05) is 26.2 Å². The molecule has 1 heterocycles. The highest BCUT2D eigenvalue weighted by molar-refractivity contribution is 9.10. The van der Waals surface area contributed by atoms with Crippen molar-refractivity contribution in [3.63, 3.8) is 0 Å². The van der Waals surface area contributed by atoms with E-state index in [1.54, 1.807) is 0 Å². The average Bonchev–Trinajstić information content (AvgIpc) is 2.90. The number of nitrogens with zero attached hydrogens (tertiary/aromatic N) is 1. The van der Waals surface area contributed by atoms with Crippen LogP contribution in [0.5, 0.6) is 0 Å². The summed E-state index contributed by atoms with van der Waals surface area (Å²) in [5.41, 5.74) is 0.949. The largest absolute Gasteiger partial charge is 0.459 e. The molecule has 0 spiro atoms. The van der Waals surface area contributed by atoms with Crippen LogP contribution in [0.1, 0.15) is 39.0 Å². The van der Waals surface area contributed by atoms with Gasteiger partial charge in [-0.1, -0.05) is 29.8 Å². The van der Waals surface area contributed by atoms with E-state index in [1.165, 1.54) is 0 Å². The minimum absolute atomic E-state index is 0.243. The monoisotopic (exact) mass is 352 g/mol. The zero-order valence-electron chi connectivity index (χ0n) is 13.2. The van der Waals surface area contributed by atoms with Gasteiger partial charge in [0.1, 0.15) is 11.3 Å². The molecule has 3 nitrogen and oxygen atoms in total. The molecule has 4 heteroatoms. The number of benzene rings is 1. The van der Waals surface area contributed by atoms with Crippen molar-refractivity contribution < 1.29 is 4.42 Å². The maximum absolute atomic E-state index is 5.91. The highest BCUT2D eigenvalue weighted by Crippen LogP contribution is 2.26. The molecule has 0 aliphatic heterocycles. The average molecular weight is 353 g/mol. The number of rotatable bonds is 8. The summed E-state index contributed by atoms with van der Waals surface area (Å²) in [5.74, 6) is 1.01. The maximum atomic E-state index is 5.91. The number of fused-ring (bicyclic) bond motifs is 1. The van der Waals surface area contributed by atoms with E-state index in [-0.39, 0.29) is 6.04 Å². The fraction of sp³-hybridized carbons (Fsp3) is 0.529. The van der Waals surface area contributed by atoms with Gasteiger partial charge in [-0.15, -0.1) is 0 Å². The van der Waals surface area contributed by atoms with Gasteiger partial charge < -0.3 is 14.6 Å². The first-order chi connectivity index (χ1) is 10.1. The summed E-state index contributed by atoms with van der Waals surface area (Å²) < 4.78 is 7.00. The summed E-state index contributed by atoms with van der Waals surface area (Å²) in [5, 5.41) is 4.70. The van der Waals surface area contributed by atoms with Gasteiger partial charge in [0.15, 0.2) is 0 Å². The summed E-state index contributed by atoms with van der Waals surface area (Å²) >= 11 is 3.50. The standard InChI is InChI=1S/C17H25BrN2O/c1-4-20(5-2)10-6-9-19-13(3)17-12-14-11-15(18)7-8-16(14)21-17/h7-8,11-13,19H,4-6,9-10H2,1-3H3. The van der Waals surface area contributed by atoms with E-state index in [9.17, 15) is 0 Å². The van der Waals surface area contributed by atoms with Crippen LogP contribution in [-0.2, 0) is 0 Å². The lowest BCUT2D eigenvalue weighted by molar-refractivity contribution is 0.295. The molecule has 0 saturated carbocycles. The molecule has 0 bridgehead atoms. The zero-order valence-corrected chi connectivity index (χ0v) is 14.7. The van der Waals surface area contributed by atoms with Crippen LogP contribution in [0, 0.1) is 0 Å². The molecule has 0 radical (unpaired) electrons. The van der Waals surface area contributed by atoms with Crippen LogP contribution < -0.4 is 5.32 Å². The second-order valence-electron chi connectivity index (χ2n) is 5.39. The Balaban J connectivity index is 1.86. The molecule has 2 aromatic rings. The van der Waals surface area contributed by atoms with Crippen LogP contribution in [0.2, 0.25) is 0 Å². The Morgan fingerprint density at radius 3 is 2.71 bits per heavy atom. The molecule has 2 rings (SSSR count). The number of furan rings is 1. The number of nitrogens with one attached hydrogen (secondary N) is 1. The van der Waals surface area contributed by atoms with Crippen molar-refractivity contribution in [2.24, 2.45) is 0 Å². The van der Waals surface area contributed by atoms with Gasteiger partial charge in [-0.3, -0.25) is 0 Å². The summed E-state index contributed by atoms with van der Waals surface area (Å²) in [7, 11) is 0. The lowest BCUT2D eigenvalue weighted by Crippen LogP contribution is -2.28. The maximum Gasteiger partial charge on any atom is 0.134 e. The topological polar surface area (TPSA) is 28.4 Å². The lowest BCUT2D eigenvalue weighted by Gasteiger charge is -2.18. The van der Waals surface area contributed by atoms with Crippen molar-refractivity contribution >= 4 is 26.9 Å². The predicted molar refractivity (Wildman–Crippen MR) is 92.7 cm³/mol. The van der Waals surface area contributed by atoms with Gasteiger partial charge in [0, 0.05) is 9.86 Å². The van der Waals surface area contributed by atoms with Gasteiger partial charge in [-0.05, 0) is 63.8 Å². The Morgan fingerprint density at radius 2 is 2.00 bits per heavy atom. The molecule has 1 N–H and O–H groups in total. The van der Waals surface area contributed by atoms with Gasteiger partial charge in [0.05, 0.1) is 6.04 Å². The van der Waals surface area contributed by atoms with Gasteiger partial charge in [-0.25, -0.2) is 0 Å². The molecule has 116 valence electrons. The van der Waals surface area contributed by atoms with Crippen molar-refractivity contribution in [3.05, 3.63) is 34.5 Å². The molecule has 1 aromatic heterocycles. The number of hydrogen-bond donors (Lipinski definition) is 1. The van der Waals surface area contributed by atoms with Crippen molar-refractivity contribution in [3.8, 4) is 0 Å². The Kier molecular flexibility index (Phi) is 6.27. The molecule has 21 heavy (non-hydrogen) atoms. The molecular formula is C17H25BrN2O. The van der Waals surface area contributed by atoms with Crippen LogP contribution >= 0.6 is 15.9 Å². The smallest absolute Gasteiger partial charge is 0.134 e. The van der Waals surface area contributed by atoms with E-state index in [0.29, 0.717) is 0 Å². The Bertz CT molecular complexity index is 563. The molecule has 0 aliphatic rings. The fourth-order valence-electron chi connectivity index (χ4n) is 2.51. The van der Waals surface area contributed by atoms with E-state index >= 15 is 0 Å². The van der Waals surface area contributed by atoms with Gasteiger partial charge >= 0.3 is 0 Å². The molecule has 0 saturated heterocycles. The molecule has 1 aromatic carbocycles. The molecule has 1 unspecified atom stereocenters. The first-order valence-corrected chi connectivity index (χ1v) is 8.58. The van der Waals surface area contributed by atoms with E-state index in [1.807, 2.05) is 12.1 Å². The number of halogens is 1. The first-order valence-electron chi connectivity index (χ1n) is 7.78. The van der Waals surface area contributed by atoms with Crippen molar-refractivity contribution in [1.82, 2.24) is 10.2 Å². The normalized spacial score (nSPS) is 13.2. The minimum Gasteiger partial charge on any atom is -0.459 e.